The zero-order valence-corrected chi connectivity index (χ0v) is 13.6. The van der Waals surface area contributed by atoms with Gasteiger partial charge < -0.3 is 9.64 Å². The van der Waals surface area contributed by atoms with Gasteiger partial charge in [0.2, 0.25) is 0 Å². The maximum Gasteiger partial charge on any atom is 0.331 e. The summed E-state index contributed by atoms with van der Waals surface area (Å²) in [6.07, 6.45) is 12.0. The smallest absolute Gasteiger partial charge is 0.331 e. The molecule has 3 aliphatic heterocycles. The van der Waals surface area contributed by atoms with Crippen LogP contribution >= 0.6 is 0 Å². The van der Waals surface area contributed by atoms with Gasteiger partial charge in [-0.1, -0.05) is 12.1 Å². The van der Waals surface area contributed by atoms with Gasteiger partial charge in [0.1, 0.15) is 6.10 Å². The molecule has 2 atom stereocenters. The highest BCUT2D eigenvalue weighted by atomic mass is 16.5. The van der Waals surface area contributed by atoms with Crippen LogP contribution in [0, 0.1) is 5.92 Å². The van der Waals surface area contributed by atoms with E-state index in [4.69, 9.17) is 4.74 Å². The van der Waals surface area contributed by atoms with Crippen LogP contribution in [0.25, 0.3) is 5.57 Å². The van der Waals surface area contributed by atoms with Gasteiger partial charge in [0.15, 0.2) is 0 Å². The molecular formula is C20H20N2O2. The number of ether oxygens (including phenoxy) is 1. The Morgan fingerprint density at radius 2 is 2.08 bits per heavy atom. The summed E-state index contributed by atoms with van der Waals surface area (Å²) in [5.41, 5.74) is 6.24. The normalized spacial score (nSPS) is 28.5. The summed E-state index contributed by atoms with van der Waals surface area (Å²) in [5.74, 6) is -0.105. The van der Waals surface area contributed by atoms with E-state index in [2.05, 4.69) is 16.0 Å². The number of pyridine rings is 1. The summed E-state index contributed by atoms with van der Waals surface area (Å²) < 4.78 is 5.81. The molecule has 24 heavy (non-hydrogen) atoms. The number of esters is 1. The molecule has 1 aromatic heterocycles. The number of nitrogens with zero attached hydrogens (tertiary/aromatic N) is 2. The molecule has 5 rings (SSSR count). The number of rotatable bonds is 1. The number of hydrogen-bond donors (Lipinski definition) is 0. The van der Waals surface area contributed by atoms with E-state index in [1.54, 1.807) is 12.3 Å². The van der Waals surface area contributed by atoms with Crippen LogP contribution in [0.1, 0.15) is 31.2 Å². The second-order valence-electron chi connectivity index (χ2n) is 6.98. The molecule has 0 radical (unpaired) electrons. The van der Waals surface area contributed by atoms with Gasteiger partial charge in [0.25, 0.3) is 0 Å². The average molecular weight is 320 g/mol. The van der Waals surface area contributed by atoms with Crippen LogP contribution in [0.4, 0.5) is 0 Å². The third kappa shape index (κ3) is 2.05. The van der Waals surface area contributed by atoms with Crippen LogP contribution in [-0.4, -0.2) is 35.0 Å². The molecule has 1 aliphatic carbocycles. The van der Waals surface area contributed by atoms with Gasteiger partial charge in [-0.2, -0.15) is 0 Å². The third-order valence-electron chi connectivity index (χ3n) is 5.59. The lowest BCUT2D eigenvalue weighted by Crippen LogP contribution is -2.43. The fourth-order valence-electron chi connectivity index (χ4n) is 4.65. The summed E-state index contributed by atoms with van der Waals surface area (Å²) in [4.78, 5) is 19.0. The molecule has 1 aromatic rings. The Labute approximate surface area is 141 Å². The van der Waals surface area contributed by atoms with Crippen LogP contribution < -0.4 is 0 Å². The fraction of sp³-hybridized carbons (Fsp3) is 0.400. The van der Waals surface area contributed by atoms with Crippen molar-refractivity contribution in [1.29, 1.82) is 0 Å². The summed E-state index contributed by atoms with van der Waals surface area (Å²) in [6.45, 7) is 2.26. The van der Waals surface area contributed by atoms with Crippen LogP contribution in [-0.2, 0) is 9.53 Å². The van der Waals surface area contributed by atoms with Crippen LogP contribution in [0.2, 0.25) is 0 Å². The maximum absolute atomic E-state index is 12.2. The molecular weight excluding hydrogens is 300 g/mol. The number of hydrogen-bond acceptors (Lipinski definition) is 4. The highest BCUT2D eigenvalue weighted by molar-refractivity contribution is 5.95. The van der Waals surface area contributed by atoms with E-state index in [9.17, 15) is 4.79 Å². The number of piperidine rings is 1. The molecule has 0 saturated carbocycles. The first kappa shape index (κ1) is 14.0. The van der Waals surface area contributed by atoms with Gasteiger partial charge in [0, 0.05) is 43.2 Å². The minimum Gasteiger partial charge on any atom is -0.454 e. The van der Waals surface area contributed by atoms with E-state index in [1.807, 2.05) is 18.3 Å². The molecule has 0 N–H and O–H groups in total. The third-order valence-corrected chi connectivity index (χ3v) is 5.59. The minimum atomic E-state index is -0.229. The molecule has 0 aromatic carbocycles. The van der Waals surface area contributed by atoms with Gasteiger partial charge in [-0.3, -0.25) is 4.98 Å². The van der Waals surface area contributed by atoms with Crippen LogP contribution in [0.5, 0.6) is 0 Å². The molecule has 4 heterocycles. The number of fused-ring (bicyclic) bond motifs is 2. The zero-order valence-electron chi connectivity index (χ0n) is 13.6. The number of allylic oxidation sites excluding steroid dienone is 1. The topological polar surface area (TPSA) is 42.4 Å². The van der Waals surface area contributed by atoms with Crippen LogP contribution in [0.15, 0.2) is 53.5 Å². The standard InChI is InChI=1S/C20H20N2O2/c23-18-11-16(14-4-1-7-21-12-14)17-10-13-5-2-8-22-9-3-6-15(19(13)22)20(17)24-18/h1,4,7,10-12,17,20H,2-3,5-6,8-9H2. The molecule has 2 unspecified atom stereocenters. The summed E-state index contributed by atoms with van der Waals surface area (Å²) in [6, 6.07) is 3.96. The Bertz CT molecular complexity index is 791. The molecule has 4 heteroatoms. The Morgan fingerprint density at radius 1 is 1.21 bits per heavy atom. The van der Waals surface area contributed by atoms with Crippen molar-refractivity contribution in [3.05, 3.63) is 59.1 Å². The predicted molar refractivity (Wildman–Crippen MR) is 90.7 cm³/mol. The molecule has 0 spiro atoms. The van der Waals surface area contributed by atoms with E-state index in [0.717, 1.165) is 43.5 Å². The van der Waals surface area contributed by atoms with Crippen molar-refractivity contribution in [3.63, 3.8) is 0 Å². The zero-order chi connectivity index (χ0) is 16.1. The minimum absolute atomic E-state index is 0.124. The Kier molecular flexibility index (Phi) is 3.12. The van der Waals surface area contributed by atoms with Crippen LogP contribution in [0.3, 0.4) is 0 Å². The van der Waals surface area contributed by atoms with Crippen molar-refractivity contribution in [2.45, 2.75) is 31.8 Å². The van der Waals surface area contributed by atoms with Crippen molar-refractivity contribution < 1.29 is 9.53 Å². The quantitative estimate of drug-likeness (QED) is 0.746. The average Bonchev–Trinajstić information content (AvgIpc) is 2.63. The van der Waals surface area contributed by atoms with E-state index in [1.165, 1.54) is 23.3 Å². The lowest BCUT2D eigenvalue weighted by Gasteiger charge is -2.46. The molecule has 1 saturated heterocycles. The first-order valence-corrected chi connectivity index (χ1v) is 8.83. The maximum atomic E-state index is 12.2. The summed E-state index contributed by atoms with van der Waals surface area (Å²) in [5, 5.41) is 0. The highest BCUT2D eigenvalue weighted by Crippen LogP contribution is 2.47. The van der Waals surface area contributed by atoms with Gasteiger partial charge in [-0.25, -0.2) is 4.79 Å². The molecule has 1 fully saturated rings. The fourth-order valence-corrected chi connectivity index (χ4v) is 4.65. The Hall–Kier alpha value is -2.36. The van der Waals surface area contributed by atoms with E-state index in [-0.39, 0.29) is 18.0 Å². The van der Waals surface area contributed by atoms with E-state index < -0.39 is 0 Å². The van der Waals surface area contributed by atoms with E-state index >= 15 is 0 Å². The Morgan fingerprint density at radius 3 is 2.92 bits per heavy atom. The van der Waals surface area contributed by atoms with Gasteiger partial charge in [0.05, 0.1) is 0 Å². The van der Waals surface area contributed by atoms with Crippen molar-refractivity contribution >= 4 is 11.5 Å². The Balaban J connectivity index is 1.64. The number of carbonyl (C=O) groups excluding carboxylic acids is 1. The molecule has 0 bridgehead atoms. The first-order chi connectivity index (χ1) is 11.8. The largest absolute Gasteiger partial charge is 0.454 e. The molecule has 0 amide bonds. The predicted octanol–water partition coefficient (Wildman–Crippen LogP) is 3.09. The number of carbonyl (C=O) groups is 1. The van der Waals surface area contributed by atoms with E-state index in [0.29, 0.717) is 0 Å². The van der Waals surface area contributed by atoms with Crippen molar-refractivity contribution in [2.24, 2.45) is 5.92 Å². The lowest BCUT2D eigenvalue weighted by molar-refractivity contribution is -0.143. The van der Waals surface area contributed by atoms with Crippen molar-refractivity contribution in [1.82, 2.24) is 9.88 Å². The van der Waals surface area contributed by atoms with Gasteiger partial charge in [-0.05, 0) is 54.0 Å². The van der Waals surface area contributed by atoms with Crippen molar-refractivity contribution in [2.75, 3.05) is 13.1 Å². The SMILES string of the molecule is O=C1C=C(c2cccnc2)C2C=C3CCCN4CCCC(=C34)C2O1. The summed E-state index contributed by atoms with van der Waals surface area (Å²) >= 11 is 0. The molecule has 4 aliphatic rings. The van der Waals surface area contributed by atoms with Gasteiger partial charge >= 0.3 is 5.97 Å². The second kappa shape index (κ2) is 5.33. The second-order valence-corrected chi connectivity index (χ2v) is 6.98. The first-order valence-electron chi connectivity index (χ1n) is 8.83. The van der Waals surface area contributed by atoms with Gasteiger partial charge in [-0.15, -0.1) is 0 Å². The monoisotopic (exact) mass is 320 g/mol. The lowest BCUT2D eigenvalue weighted by atomic mass is 9.73. The highest BCUT2D eigenvalue weighted by Gasteiger charge is 2.42. The molecule has 4 nitrogen and oxygen atoms in total. The molecule has 122 valence electrons. The number of aromatic nitrogens is 1. The van der Waals surface area contributed by atoms with Crippen molar-refractivity contribution in [3.8, 4) is 0 Å². The summed E-state index contributed by atoms with van der Waals surface area (Å²) in [7, 11) is 0.